The molecule has 0 aliphatic carbocycles. The zero-order valence-corrected chi connectivity index (χ0v) is 12.1. The summed E-state index contributed by atoms with van der Waals surface area (Å²) in [6.07, 6.45) is 1.16. The summed E-state index contributed by atoms with van der Waals surface area (Å²) in [5.41, 5.74) is 1.92. The molecule has 2 aromatic rings. The molecule has 0 bridgehead atoms. The van der Waals surface area contributed by atoms with Crippen molar-refractivity contribution < 1.29 is 13.2 Å². The summed E-state index contributed by atoms with van der Waals surface area (Å²) in [4.78, 5) is 12.1. The van der Waals surface area contributed by atoms with Crippen LogP contribution in [0.1, 0.15) is 15.9 Å². The number of benzene rings is 1. The molecule has 0 saturated carbocycles. The molecule has 19 heavy (non-hydrogen) atoms. The molecule has 0 atom stereocenters. The van der Waals surface area contributed by atoms with Gasteiger partial charge in [0.05, 0.1) is 10.5 Å². The molecule has 0 aliphatic rings. The Morgan fingerprint density at radius 3 is 2.53 bits per heavy atom. The molecule has 1 aromatic heterocycles. The molecule has 1 amide bonds. The van der Waals surface area contributed by atoms with E-state index in [1.807, 2.05) is 5.38 Å². The molecule has 0 fully saturated rings. The fraction of sp³-hybridized carbons (Fsp3) is 0.154. The molecular weight excluding hydrogens is 282 g/mol. The van der Waals surface area contributed by atoms with E-state index >= 15 is 0 Å². The molecule has 6 heteroatoms. The zero-order chi connectivity index (χ0) is 14.0. The Morgan fingerprint density at radius 2 is 2.00 bits per heavy atom. The zero-order valence-electron chi connectivity index (χ0n) is 10.5. The van der Waals surface area contributed by atoms with E-state index < -0.39 is 9.84 Å². The van der Waals surface area contributed by atoms with Crippen LogP contribution in [0.25, 0.3) is 0 Å². The highest BCUT2D eigenvalue weighted by Crippen LogP contribution is 2.20. The van der Waals surface area contributed by atoms with E-state index in [9.17, 15) is 13.2 Å². The van der Waals surface area contributed by atoms with Gasteiger partial charge in [-0.2, -0.15) is 11.3 Å². The van der Waals surface area contributed by atoms with Crippen LogP contribution in [0.4, 0.5) is 5.69 Å². The number of sulfone groups is 1. The molecule has 4 nitrogen and oxygen atoms in total. The lowest BCUT2D eigenvalue weighted by atomic mass is 10.2. The Hall–Kier alpha value is -1.66. The van der Waals surface area contributed by atoms with Gasteiger partial charge in [-0.05, 0) is 42.1 Å². The van der Waals surface area contributed by atoms with Crippen molar-refractivity contribution in [1.82, 2.24) is 0 Å². The van der Waals surface area contributed by atoms with Gasteiger partial charge in [-0.15, -0.1) is 0 Å². The van der Waals surface area contributed by atoms with Gasteiger partial charge in [0, 0.05) is 17.3 Å². The normalized spacial score (nSPS) is 11.3. The molecule has 0 spiro atoms. The second kappa shape index (κ2) is 5.14. The van der Waals surface area contributed by atoms with Crippen LogP contribution >= 0.6 is 11.3 Å². The first-order chi connectivity index (χ1) is 8.88. The van der Waals surface area contributed by atoms with Crippen molar-refractivity contribution in [1.29, 1.82) is 0 Å². The maximum atomic E-state index is 11.9. The molecule has 1 heterocycles. The fourth-order valence-corrected chi connectivity index (χ4v) is 2.94. The van der Waals surface area contributed by atoms with E-state index in [1.54, 1.807) is 30.5 Å². The lowest BCUT2D eigenvalue weighted by Crippen LogP contribution is -2.12. The Morgan fingerprint density at radius 1 is 1.26 bits per heavy atom. The summed E-state index contributed by atoms with van der Waals surface area (Å²) in [7, 11) is -3.22. The van der Waals surface area contributed by atoms with Gasteiger partial charge in [-0.1, -0.05) is 0 Å². The van der Waals surface area contributed by atoms with Crippen molar-refractivity contribution in [3.05, 3.63) is 46.2 Å². The van der Waals surface area contributed by atoms with E-state index in [-0.39, 0.29) is 10.8 Å². The van der Waals surface area contributed by atoms with Crippen molar-refractivity contribution in [3.63, 3.8) is 0 Å². The number of aryl methyl sites for hydroxylation is 1. The standard InChI is InChI=1S/C13H13NO3S2/c1-9-7-11(19(2,16)17)3-4-12(9)14-13(15)10-5-6-18-8-10/h3-8H,1-2H3,(H,14,15). The molecule has 1 N–H and O–H groups in total. The summed E-state index contributed by atoms with van der Waals surface area (Å²) in [5, 5.41) is 6.35. The SMILES string of the molecule is Cc1cc(S(C)(=O)=O)ccc1NC(=O)c1ccsc1. The van der Waals surface area contributed by atoms with Crippen LogP contribution in [0.5, 0.6) is 0 Å². The van der Waals surface area contributed by atoms with Crippen molar-refractivity contribution in [2.75, 3.05) is 11.6 Å². The smallest absolute Gasteiger partial charge is 0.256 e. The number of carbonyl (C=O) groups is 1. The van der Waals surface area contributed by atoms with Crippen molar-refractivity contribution in [3.8, 4) is 0 Å². The van der Waals surface area contributed by atoms with Crippen LogP contribution in [-0.4, -0.2) is 20.6 Å². The predicted octanol–water partition coefficient (Wildman–Crippen LogP) is 2.71. The first-order valence-corrected chi connectivity index (χ1v) is 8.35. The van der Waals surface area contributed by atoms with Crippen LogP contribution in [0.2, 0.25) is 0 Å². The lowest BCUT2D eigenvalue weighted by molar-refractivity contribution is 0.102. The van der Waals surface area contributed by atoms with Crippen LogP contribution in [0.3, 0.4) is 0 Å². The highest BCUT2D eigenvalue weighted by molar-refractivity contribution is 7.90. The van der Waals surface area contributed by atoms with E-state index in [0.29, 0.717) is 16.8 Å². The number of rotatable bonds is 3. The second-order valence-electron chi connectivity index (χ2n) is 4.22. The first kappa shape index (κ1) is 13.8. The number of hydrogen-bond acceptors (Lipinski definition) is 4. The average Bonchev–Trinajstić information content (AvgIpc) is 2.84. The molecule has 2 rings (SSSR count). The molecule has 100 valence electrons. The summed E-state index contributed by atoms with van der Waals surface area (Å²) in [6, 6.07) is 6.39. The third-order valence-corrected chi connectivity index (χ3v) is 4.45. The number of amides is 1. The third-order valence-electron chi connectivity index (χ3n) is 2.66. The Labute approximate surface area is 116 Å². The highest BCUT2D eigenvalue weighted by atomic mass is 32.2. The van der Waals surface area contributed by atoms with Crippen LogP contribution < -0.4 is 5.32 Å². The minimum Gasteiger partial charge on any atom is -0.322 e. The number of anilines is 1. The highest BCUT2D eigenvalue weighted by Gasteiger charge is 2.11. The number of carbonyl (C=O) groups excluding carboxylic acids is 1. The minimum atomic E-state index is -3.22. The predicted molar refractivity (Wildman–Crippen MR) is 76.6 cm³/mol. The van der Waals surface area contributed by atoms with Crippen molar-refractivity contribution in [2.24, 2.45) is 0 Å². The molecule has 0 unspecified atom stereocenters. The fourth-order valence-electron chi connectivity index (χ4n) is 1.60. The largest absolute Gasteiger partial charge is 0.322 e. The summed E-state index contributed by atoms with van der Waals surface area (Å²) in [6.45, 7) is 1.76. The van der Waals surface area contributed by atoms with Gasteiger partial charge in [0.25, 0.3) is 5.91 Å². The Bertz CT molecular complexity index is 703. The average molecular weight is 295 g/mol. The van der Waals surface area contributed by atoms with Gasteiger partial charge in [-0.3, -0.25) is 4.79 Å². The van der Waals surface area contributed by atoms with Gasteiger partial charge in [0.2, 0.25) is 0 Å². The number of thiophene rings is 1. The quantitative estimate of drug-likeness (QED) is 0.947. The maximum absolute atomic E-state index is 11.9. The van der Waals surface area contributed by atoms with Gasteiger partial charge in [0.15, 0.2) is 9.84 Å². The van der Waals surface area contributed by atoms with E-state index in [2.05, 4.69) is 5.32 Å². The minimum absolute atomic E-state index is 0.198. The monoisotopic (exact) mass is 295 g/mol. The summed E-state index contributed by atoms with van der Waals surface area (Å²) >= 11 is 1.45. The Kier molecular flexibility index (Phi) is 3.73. The number of hydrogen-bond donors (Lipinski definition) is 1. The van der Waals surface area contributed by atoms with E-state index in [1.165, 1.54) is 17.4 Å². The molecule has 0 saturated heterocycles. The lowest BCUT2D eigenvalue weighted by Gasteiger charge is -2.09. The van der Waals surface area contributed by atoms with E-state index in [0.717, 1.165) is 6.26 Å². The summed E-state index contributed by atoms with van der Waals surface area (Å²) in [5.74, 6) is -0.198. The van der Waals surface area contributed by atoms with Crippen LogP contribution in [0, 0.1) is 6.92 Å². The van der Waals surface area contributed by atoms with Gasteiger partial charge >= 0.3 is 0 Å². The molecule has 1 aromatic carbocycles. The first-order valence-electron chi connectivity index (χ1n) is 5.52. The molecular formula is C13H13NO3S2. The van der Waals surface area contributed by atoms with Gasteiger partial charge in [0.1, 0.15) is 0 Å². The van der Waals surface area contributed by atoms with Crippen LogP contribution in [0.15, 0.2) is 39.9 Å². The van der Waals surface area contributed by atoms with Crippen molar-refractivity contribution >= 4 is 32.8 Å². The van der Waals surface area contributed by atoms with Gasteiger partial charge < -0.3 is 5.32 Å². The number of nitrogens with one attached hydrogen (secondary N) is 1. The van der Waals surface area contributed by atoms with Crippen LogP contribution in [-0.2, 0) is 9.84 Å². The van der Waals surface area contributed by atoms with Gasteiger partial charge in [-0.25, -0.2) is 8.42 Å². The topological polar surface area (TPSA) is 63.2 Å². The Balaban J connectivity index is 2.25. The second-order valence-corrected chi connectivity index (χ2v) is 7.01. The molecule has 0 aliphatic heterocycles. The van der Waals surface area contributed by atoms with Crippen molar-refractivity contribution in [2.45, 2.75) is 11.8 Å². The molecule has 0 radical (unpaired) electrons. The summed E-state index contributed by atoms with van der Waals surface area (Å²) < 4.78 is 22.8. The third kappa shape index (κ3) is 3.21. The van der Waals surface area contributed by atoms with E-state index in [4.69, 9.17) is 0 Å². The maximum Gasteiger partial charge on any atom is 0.256 e.